The maximum Gasteiger partial charge on any atom is 0.573 e. The molecule has 28 heavy (non-hydrogen) atoms. The highest BCUT2D eigenvalue weighted by molar-refractivity contribution is 7.91. The highest BCUT2D eigenvalue weighted by Gasteiger charge is 2.31. The van der Waals surface area contributed by atoms with Crippen molar-refractivity contribution in [2.45, 2.75) is 29.8 Å². The molecule has 3 rings (SSSR count). The van der Waals surface area contributed by atoms with Crippen LogP contribution in [0.4, 0.5) is 18.9 Å². The molecule has 6 nitrogen and oxygen atoms in total. The van der Waals surface area contributed by atoms with E-state index in [4.69, 9.17) is 0 Å². The van der Waals surface area contributed by atoms with Crippen LogP contribution in [0, 0.1) is 0 Å². The van der Waals surface area contributed by atoms with Crippen LogP contribution < -0.4 is 10.1 Å². The van der Waals surface area contributed by atoms with E-state index in [1.54, 1.807) is 6.07 Å². The van der Waals surface area contributed by atoms with Gasteiger partial charge in [0.2, 0.25) is 5.91 Å². The molecule has 1 aliphatic heterocycles. The second-order valence-corrected chi connectivity index (χ2v) is 9.46. The number of hydrogen-bond donors (Lipinski definition) is 1. The number of anilines is 1. The van der Waals surface area contributed by atoms with E-state index in [0.717, 1.165) is 36.3 Å². The van der Waals surface area contributed by atoms with Crippen molar-refractivity contribution in [3.8, 4) is 5.75 Å². The van der Waals surface area contributed by atoms with Crippen molar-refractivity contribution in [2.24, 2.45) is 0 Å². The lowest BCUT2D eigenvalue weighted by molar-refractivity contribution is -0.274. The monoisotopic (exact) mass is 434 g/mol. The third-order valence-electron chi connectivity index (χ3n) is 4.00. The Labute approximate surface area is 164 Å². The van der Waals surface area contributed by atoms with Gasteiger partial charge in [0.15, 0.2) is 0 Å². The lowest BCUT2D eigenvalue weighted by Crippen LogP contribution is -2.27. The van der Waals surface area contributed by atoms with Gasteiger partial charge in [-0.25, -0.2) is 8.42 Å². The van der Waals surface area contributed by atoms with Crippen molar-refractivity contribution >= 4 is 33.0 Å². The Morgan fingerprint density at radius 3 is 2.36 bits per heavy atom. The van der Waals surface area contributed by atoms with E-state index in [9.17, 15) is 26.4 Å². The van der Waals surface area contributed by atoms with Gasteiger partial charge in [-0.3, -0.25) is 4.79 Å². The fourth-order valence-electron chi connectivity index (χ4n) is 2.75. The molecule has 11 heteroatoms. The van der Waals surface area contributed by atoms with Crippen molar-refractivity contribution in [3.63, 3.8) is 0 Å². The Bertz CT molecular complexity index is 934. The van der Waals surface area contributed by atoms with Gasteiger partial charge in [0.1, 0.15) is 9.96 Å². The van der Waals surface area contributed by atoms with Gasteiger partial charge >= 0.3 is 6.36 Å². The summed E-state index contributed by atoms with van der Waals surface area (Å²) in [6.45, 7) is 1.01. The summed E-state index contributed by atoms with van der Waals surface area (Å²) < 4.78 is 66.8. The highest BCUT2D eigenvalue weighted by atomic mass is 32.2. The molecule has 1 fully saturated rings. The zero-order chi connectivity index (χ0) is 20.4. The Balaban J connectivity index is 1.59. The minimum absolute atomic E-state index is 0.0407. The Kier molecular flexibility index (Phi) is 5.96. The summed E-state index contributed by atoms with van der Waals surface area (Å²) in [5.41, 5.74) is 0.306. The fourth-order valence-corrected chi connectivity index (χ4v) is 5.78. The van der Waals surface area contributed by atoms with Crippen LogP contribution in [0.15, 0.2) is 40.6 Å². The van der Waals surface area contributed by atoms with Gasteiger partial charge in [-0.1, -0.05) is 0 Å². The summed E-state index contributed by atoms with van der Waals surface area (Å²) in [5, 5.41) is 2.55. The van der Waals surface area contributed by atoms with Crippen molar-refractivity contribution in [1.29, 1.82) is 0 Å². The van der Waals surface area contributed by atoms with Gasteiger partial charge in [-0.05, 0) is 49.2 Å². The van der Waals surface area contributed by atoms with Gasteiger partial charge in [-0.15, -0.1) is 24.5 Å². The van der Waals surface area contributed by atoms with Crippen LogP contribution in [0.3, 0.4) is 0 Å². The molecule has 0 bridgehead atoms. The molecule has 0 aliphatic carbocycles. The number of carbonyl (C=O) groups is 1. The van der Waals surface area contributed by atoms with E-state index in [-0.39, 0.29) is 16.4 Å². The van der Waals surface area contributed by atoms with Crippen molar-refractivity contribution in [3.05, 3.63) is 41.3 Å². The summed E-state index contributed by atoms with van der Waals surface area (Å²) in [4.78, 5) is 12.7. The second-order valence-electron chi connectivity index (χ2n) is 6.13. The van der Waals surface area contributed by atoms with Crippen LogP contribution in [0.5, 0.6) is 5.75 Å². The number of halogens is 3. The molecule has 0 spiro atoms. The number of nitrogens with zero attached hydrogens (tertiary/aromatic N) is 1. The third kappa shape index (κ3) is 5.24. The molecule has 152 valence electrons. The Morgan fingerprint density at radius 2 is 1.75 bits per heavy atom. The number of thiophene rings is 1. The number of benzene rings is 1. The van der Waals surface area contributed by atoms with E-state index in [1.165, 1.54) is 22.5 Å². The Morgan fingerprint density at radius 1 is 1.11 bits per heavy atom. The number of hydrogen-bond acceptors (Lipinski definition) is 5. The van der Waals surface area contributed by atoms with E-state index in [0.29, 0.717) is 23.7 Å². The number of sulfonamides is 1. The van der Waals surface area contributed by atoms with Gasteiger partial charge in [0.25, 0.3) is 10.0 Å². The molecule has 0 saturated carbocycles. The average molecular weight is 434 g/mol. The zero-order valence-corrected chi connectivity index (χ0v) is 16.2. The minimum atomic E-state index is -4.78. The molecular formula is C17H17F3N2O4S2. The summed E-state index contributed by atoms with van der Waals surface area (Å²) >= 11 is 1.04. The van der Waals surface area contributed by atoms with Crippen LogP contribution in [-0.2, 0) is 21.2 Å². The topological polar surface area (TPSA) is 75.7 Å². The summed E-state index contributed by atoms with van der Waals surface area (Å²) in [5.74, 6) is -0.794. The van der Waals surface area contributed by atoms with Crippen molar-refractivity contribution in [1.82, 2.24) is 4.31 Å². The Hall–Kier alpha value is -2.11. The molecule has 0 atom stereocenters. The number of amides is 1. The maximum absolute atomic E-state index is 12.5. The molecule has 1 N–H and O–H groups in total. The summed E-state index contributed by atoms with van der Waals surface area (Å²) in [6, 6.07) is 7.84. The summed E-state index contributed by atoms with van der Waals surface area (Å²) in [7, 11) is -3.52. The standard InChI is InChI=1S/C17H17F3N2O4S2/c18-17(19,20)26-13-5-3-12(4-6-13)21-15(23)11-14-7-8-16(27-14)28(24,25)22-9-1-2-10-22/h3-8H,1-2,9-11H2,(H,21,23). The number of carbonyl (C=O) groups excluding carboxylic acids is 1. The first kappa shape index (κ1) is 20.6. The predicted molar refractivity (Wildman–Crippen MR) is 97.8 cm³/mol. The SMILES string of the molecule is O=C(Cc1ccc(S(=O)(=O)N2CCCC2)s1)Nc1ccc(OC(F)(F)F)cc1. The molecule has 1 aliphatic rings. The van der Waals surface area contributed by atoms with Crippen LogP contribution >= 0.6 is 11.3 Å². The largest absolute Gasteiger partial charge is 0.573 e. The molecule has 1 aromatic carbocycles. The number of ether oxygens (including phenoxy) is 1. The van der Waals surface area contributed by atoms with Crippen LogP contribution in [0.1, 0.15) is 17.7 Å². The number of alkyl halides is 3. The van der Waals surface area contributed by atoms with E-state index < -0.39 is 22.3 Å². The first-order valence-corrected chi connectivity index (χ1v) is 10.6. The highest BCUT2D eigenvalue weighted by Crippen LogP contribution is 2.28. The normalized spacial score (nSPS) is 15.5. The molecule has 2 heterocycles. The predicted octanol–water partition coefficient (Wildman–Crippen LogP) is 3.61. The van der Waals surface area contributed by atoms with Crippen LogP contribution in [-0.4, -0.2) is 38.1 Å². The number of rotatable bonds is 6. The quantitative estimate of drug-likeness (QED) is 0.754. The van der Waals surface area contributed by atoms with Gasteiger partial charge in [0, 0.05) is 23.7 Å². The van der Waals surface area contributed by atoms with E-state index >= 15 is 0 Å². The van der Waals surface area contributed by atoms with Crippen molar-refractivity contribution < 1.29 is 31.1 Å². The molecular weight excluding hydrogens is 417 g/mol. The maximum atomic E-state index is 12.5. The third-order valence-corrected chi connectivity index (χ3v) is 7.45. The van der Waals surface area contributed by atoms with Gasteiger partial charge < -0.3 is 10.1 Å². The lowest BCUT2D eigenvalue weighted by atomic mass is 10.2. The van der Waals surface area contributed by atoms with E-state index in [1.807, 2.05) is 0 Å². The van der Waals surface area contributed by atoms with Gasteiger partial charge in [0.05, 0.1) is 6.42 Å². The molecule has 0 unspecified atom stereocenters. The average Bonchev–Trinajstić information content (AvgIpc) is 3.27. The number of nitrogens with one attached hydrogen (secondary N) is 1. The van der Waals surface area contributed by atoms with E-state index in [2.05, 4.69) is 10.1 Å². The lowest BCUT2D eigenvalue weighted by Gasteiger charge is -2.13. The summed E-state index contributed by atoms with van der Waals surface area (Å²) in [6.07, 6.45) is -3.14. The zero-order valence-electron chi connectivity index (χ0n) is 14.5. The minimum Gasteiger partial charge on any atom is -0.406 e. The molecule has 0 radical (unpaired) electrons. The second kappa shape index (κ2) is 8.10. The van der Waals surface area contributed by atoms with Gasteiger partial charge in [-0.2, -0.15) is 4.31 Å². The molecule has 1 aromatic heterocycles. The van der Waals surface area contributed by atoms with Crippen molar-refractivity contribution in [2.75, 3.05) is 18.4 Å². The molecule has 2 aromatic rings. The fraction of sp³-hybridized carbons (Fsp3) is 0.353. The molecule has 1 amide bonds. The smallest absolute Gasteiger partial charge is 0.406 e. The molecule has 1 saturated heterocycles. The van der Waals surface area contributed by atoms with Crippen LogP contribution in [0.2, 0.25) is 0 Å². The first-order valence-electron chi connectivity index (χ1n) is 8.38. The van der Waals surface area contributed by atoms with Crippen LogP contribution in [0.25, 0.3) is 0 Å². The first-order chi connectivity index (χ1) is 13.1.